The lowest BCUT2D eigenvalue weighted by atomic mass is 10.1. The fourth-order valence-electron chi connectivity index (χ4n) is 3.05. The van der Waals surface area contributed by atoms with Crippen molar-refractivity contribution >= 4 is 23.4 Å². The zero-order valence-corrected chi connectivity index (χ0v) is 17.6. The fraction of sp³-hybridized carbons (Fsp3) is 0.391. The molecule has 0 bridgehead atoms. The second-order valence-electron chi connectivity index (χ2n) is 7.02. The lowest BCUT2D eigenvalue weighted by Crippen LogP contribution is -2.51. The fourth-order valence-corrected chi connectivity index (χ4v) is 3.25. The van der Waals surface area contributed by atoms with Crippen LogP contribution in [0.4, 0.5) is 0 Å². The van der Waals surface area contributed by atoms with E-state index in [1.165, 1.54) is 0 Å². The van der Waals surface area contributed by atoms with Gasteiger partial charge in [0, 0.05) is 17.6 Å². The van der Waals surface area contributed by atoms with Gasteiger partial charge in [-0.15, -0.1) is 0 Å². The number of halogens is 1. The molecule has 0 aliphatic rings. The molecule has 1 N–H and O–H groups in total. The zero-order chi connectivity index (χ0) is 20.5. The first-order valence-corrected chi connectivity index (χ1v) is 10.2. The third kappa shape index (κ3) is 6.10. The van der Waals surface area contributed by atoms with Crippen LogP contribution in [0, 0.1) is 0 Å². The molecule has 2 atom stereocenters. The van der Waals surface area contributed by atoms with Crippen LogP contribution in [0.1, 0.15) is 44.7 Å². The molecule has 0 aliphatic heterocycles. The van der Waals surface area contributed by atoms with Crippen LogP contribution >= 0.6 is 11.6 Å². The van der Waals surface area contributed by atoms with Crippen molar-refractivity contribution < 1.29 is 9.59 Å². The molecule has 5 heteroatoms. The lowest BCUT2D eigenvalue weighted by molar-refractivity contribution is -0.141. The number of nitrogens with one attached hydrogen (secondary N) is 1. The SMILES string of the molecule is CC[C@H](C)NC(=O)[C@H](CC)N(Cc1ccccc1)C(=O)Cc1ccccc1Cl. The molecule has 28 heavy (non-hydrogen) atoms. The summed E-state index contributed by atoms with van der Waals surface area (Å²) >= 11 is 6.25. The first-order valence-electron chi connectivity index (χ1n) is 9.83. The highest BCUT2D eigenvalue weighted by molar-refractivity contribution is 6.31. The summed E-state index contributed by atoms with van der Waals surface area (Å²) in [4.78, 5) is 27.8. The minimum atomic E-state index is -0.524. The van der Waals surface area contributed by atoms with Gasteiger partial charge in [0.05, 0.1) is 6.42 Å². The molecule has 0 heterocycles. The average Bonchev–Trinajstić information content (AvgIpc) is 2.70. The Morgan fingerprint density at radius 3 is 2.25 bits per heavy atom. The highest BCUT2D eigenvalue weighted by atomic mass is 35.5. The molecule has 4 nitrogen and oxygen atoms in total. The second kappa shape index (κ2) is 10.9. The zero-order valence-electron chi connectivity index (χ0n) is 16.8. The predicted molar refractivity (Wildman–Crippen MR) is 114 cm³/mol. The van der Waals surface area contributed by atoms with Crippen molar-refractivity contribution in [1.82, 2.24) is 10.2 Å². The van der Waals surface area contributed by atoms with Gasteiger partial charge in [-0.25, -0.2) is 0 Å². The number of carbonyl (C=O) groups is 2. The van der Waals surface area contributed by atoms with Crippen LogP contribution in [0.3, 0.4) is 0 Å². The summed E-state index contributed by atoms with van der Waals surface area (Å²) < 4.78 is 0. The number of rotatable bonds is 9. The monoisotopic (exact) mass is 400 g/mol. The summed E-state index contributed by atoms with van der Waals surface area (Å²) in [6.07, 6.45) is 1.55. The van der Waals surface area contributed by atoms with Gasteiger partial charge in [-0.2, -0.15) is 0 Å². The molecule has 0 aliphatic carbocycles. The number of benzene rings is 2. The number of hydrogen-bond acceptors (Lipinski definition) is 2. The van der Waals surface area contributed by atoms with Crippen molar-refractivity contribution in [2.75, 3.05) is 0 Å². The van der Waals surface area contributed by atoms with Gasteiger partial charge in [-0.3, -0.25) is 9.59 Å². The van der Waals surface area contributed by atoms with Crippen molar-refractivity contribution in [2.45, 2.75) is 58.7 Å². The summed E-state index contributed by atoms with van der Waals surface area (Å²) in [6.45, 7) is 6.31. The minimum absolute atomic E-state index is 0.0683. The van der Waals surface area contributed by atoms with Crippen LogP contribution in [0.15, 0.2) is 54.6 Å². The Morgan fingerprint density at radius 2 is 1.64 bits per heavy atom. The van der Waals surface area contributed by atoms with Gasteiger partial charge >= 0.3 is 0 Å². The van der Waals surface area contributed by atoms with E-state index in [0.717, 1.165) is 17.5 Å². The van der Waals surface area contributed by atoms with Crippen LogP contribution < -0.4 is 5.32 Å². The maximum Gasteiger partial charge on any atom is 0.243 e. The summed E-state index contributed by atoms with van der Waals surface area (Å²) in [7, 11) is 0. The molecule has 0 fully saturated rings. The van der Waals surface area contributed by atoms with E-state index < -0.39 is 6.04 Å². The Labute approximate surface area is 172 Å². The van der Waals surface area contributed by atoms with Crippen molar-refractivity contribution in [3.63, 3.8) is 0 Å². The lowest BCUT2D eigenvalue weighted by Gasteiger charge is -2.31. The van der Waals surface area contributed by atoms with Crippen LogP contribution in [-0.2, 0) is 22.6 Å². The van der Waals surface area contributed by atoms with E-state index in [-0.39, 0.29) is 24.3 Å². The molecule has 2 aromatic rings. The van der Waals surface area contributed by atoms with Gasteiger partial charge in [0.1, 0.15) is 6.04 Å². The van der Waals surface area contributed by atoms with Crippen molar-refractivity contribution in [1.29, 1.82) is 0 Å². The van der Waals surface area contributed by atoms with Crippen LogP contribution in [0.5, 0.6) is 0 Å². The third-order valence-corrected chi connectivity index (χ3v) is 5.25. The predicted octanol–water partition coefficient (Wildman–Crippen LogP) is 4.60. The molecular weight excluding hydrogens is 372 g/mol. The maximum absolute atomic E-state index is 13.2. The number of carbonyl (C=O) groups excluding carboxylic acids is 2. The Hall–Kier alpha value is -2.33. The summed E-state index contributed by atoms with van der Waals surface area (Å²) in [5, 5.41) is 3.58. The third-order valence-electron chi connectivity index (χ3n) is 4.88. The smallest absolute Gasteiger partial charge is 0.243 e. The quantitative estimate of drug-likeness (QED) is 0.668. The summed E-state index contributed by atoms with van der Waals surface area (Å²) in [5.74, 6) is -0.219. The number of nitrogens with zero attached hydrogens (tertiary/aromatic N) is 1. The van der Waals surface area contributed by atoms with Gasteiger partial charge in [-0.1, -0.05) is 74.0 Å². The standard InChI is InChI=1S/C23H29ClN2O2/c1-4-17(3)25-23(28)21(5-2)26(16-18-11-7-6-8-12-18)22(27)15-19-13-9-10-14-20(19)24/h6-14,17,21H,4-5,15-16H2,1-3H3,(H,25,28)/t17-,21-/m0/s1. The van der Waals surface area contributed by atoms with Crippen molar-refractivity contribution in [3.05, 3.63) is 70.7 Å². The minimum Gasteiger partial charge on any atom is -0.352 e. The molecule has 0 saturated carbocycles. The Bertz CT molecular complexity index is 779. The average molecular weight is 401 g/mol. The van der Waals surface area contributed by atoms with E-state index in [2.05, 4.69) is 5.32 Å². The molecule has 2 aromatic carbocycles. The van der Waals surface area contributed by atoms with Gasteiger partial charge in [-0.05, 0) is 37.0 Å². The summed E-state index contributed by atoms with van der Waals surface area (Å²) in [5.41, 5.74) is 1.76. The van der Waals surface area contributed by atoms with E-state index >= 15 is 0 Å². The van der Waals surface area contributed by atoms with Gasteiger partial charge in [0.15, 0.2) is 0 Å². The first kappa shape index (κ1) is 22.0. The van der Waals surface area contributed by atoms with Crippen LogP contribution in [-0.4, -0.2) is 28.8 Å². The van der Waals surface area contributed by atoms with Crippen molar-refractivity contribution in [2.24, 2.45) is 0 Å². The molecule has 0 unspecified atom stereocenters. The van der Waals surface area contributed by atoms with E-state index in [0.29, 0.717) is 18.0 Å². The maximum atomic E-state index is 13.2. The normalized spacial score (nSPS) is 12.9. The number of hydrogen-bond donors (Lipinski definition) is 1. The molecule has 0 radical (unpaired) electrons. The van der Waals surface area contributed by atoms with Gasteiger partial charge in [0.25, 0.3) is 0 Å². The van der Waals surface area contributed by atoms with E-state index in [4.69, 9.17) is 11.6 Å². The molecule has 0 saturated heterocycles. The first-order chi connectivity index (χ1) is 13.5. The Kier molecular flexibility index (Phi) is 8.52. The van der Waals surface area contributed by atoms with Gasteiger partial charge < -0.3 is 10.2 Å². The largest absolute Gasteiger partial charge is 0.352 e. The molecule has 0 spiro atoms. The van der Waals surface area contributed by atoms with E-state index in [1.54, 1.807) is 11.0 Å². The van der Waals surface area contributed by atoms with E-state index in [1.807, 2.05) is 69.3 Å². The van der Waals surface area contributed by atoms with E-state index in [9.17, 15) is 9.59 Å². The van der Waals surface area contributed by atoms with Crippen LogP contribution in [0.25, 0.3) is 0 Å². The van der Waals surface area contributed by atoms with Crippen molar-refractivity contribution in [3.8, 4) is 0 Å². The second-order valence-corrected chi connectivity index (χ2v) is 7.42. The molecule has 2 rings (SSSR count). The molecule has 0 aromatic heterocycles. The van der Waals surface area contributed by atoms with Crippen LogP contribution in [0.2, 0.25) is 5.02 Å². The molecule has 2 amide bonds. The summed E-state index contributed by atoms with van der Waals surface area (Å²) in [6, 6.07) is 16.6. The molecular formula is C23H29ClN2O2. The highest BCUT2D eigenvalue weighted by Crippen LogP contribution is 2.19. The Morgan fingerprint density at radius 1 is 1.00 bits per heavy atom. The Balaban J connectivity index is 2.27. The highest BCUT2D eigenvalue weighted by Gasteiger charge is 2.29. The molecule has 150 valence electrons. The van der Waals surface area contributed by atoms with Gasteiger partial charge in [0.2, 0.25) is 11.8 Å². The number of amides is 2. The topological polar surface area (TPSA) is 49.4 Å².